The van der Waals surface area contributed by atoms with Gasteiger partial charge >= 0.3 is 5.97 Å². The molecule has 0 amide bonds. The lowest BCUT2D eigenvalue weighted by molar-refractivity contribution is -0.897. The SMILES string of the molecule is CC1=CC[C@H](COC(=O)C[NH+]2CCCCC2)CC1. The van der Waals surface area contributed by atoms with Crippen LogP contribution in [0.3, 0.4) is 0 Å². The summed E-state index contributed by atoms with van der Waals surface area (Å²) in [5.74, 6) is 0.548. The van der Waals surface area contributed by atoms with Gasteiger partial charge in [0.05, 0.1) is 19.7 Å². The van der Waals surface area contributed by atoms with Crippen LogP contribution in [0.2, 0.25) is 0 Å². The van der Waals surface area contributed by atoms with Crippen LogP contribution in [0.5, 0.6) is 0 Å². The minimum absolute atomic E-state index is 0.00169. The molecule has 1 aliphatic carbocycles. The summed E-state index contributed by atoms with van der Waals surface area (Å²) in [4.78, 5) is 13.2. The van der Waals surface area contributed by atoms with Crippen LogP contribution in [0.4, 0.5) is 0 Å². The fraction of sp³-hybridized carbons (Fsp3) is 0.800. The zero-order chi connectivity index (χ0) is 12.8. The largest absolute Gasteiger partial charge is 0.461 e. The molecule has 102 valence electrons. The van der Waals surface area contributed by atoms with Gasteiger partial charge in [-0.3, -0.25) is 0 Å². The van der Waals surface area contributed by atoms with E-state index in [9.17, 15) is 4.79 Å². The molecule has 3 nitrogen and oxygen atoms in total. The first-order valence-electron chi connectivity index (χ1n) is 7.39. The van der Waals surface area contributed by atoms with Crippen LogP contribution in [0.15, 0.2) is 11.6 Å². The first kappa shape index (κ1) is 13.6. The third kappa shape index (κ3) is 4.45. The van der Waals surface area contributed by atoms with Gasteiger partial charge in [-0.2, -0.15) is 0 Å². The van der Waals surface area contributed by atoms with E-state index < -0.39 is 0 Å². The molecule has 2 aliphatic rings. The normalized spacial score (nSPS) is 25.6. The number of hydrogen-bond acceptors (Lipinski definition) is 2. The minimum atomic E-state index is -0.00169. The van der Waals surface area contributed by atoms with Crippen molar-refractivity contribution in [1.82, 2.24) is 0 Å². The third-order valence-electron chi connectivity index (χ3n) is 4.18. The van der Waals surface area contributed by atoms with E-state index in [2.05, 4.69) is 13.0 Å². The number of piperidine rings is 1. The molecular formula is C15H26NO2+. The van der Waals surface area contributed by atoms with Crippen LogP contribution in [0.25, 0.3) is 0 Å². The Morgan fingerprint density at radius 1 is 1.39 bits per heavy atom. The van der Waals surface area contributed by atoms with Gasteiger partial charge in [-0.1, -0.05) is 11.6 Å². The van der Waals surface area contributed by atoms with Crippen molar-refractivity contribution in [2.45, 2.75) is 45.4 Å². The Morgan fingerprint density at radius 2 is 2.17 bits per heavy atom. The van der Waals surface area contributed by atoms with Crippen molar-refractivity contribution in [1.29, 1.82) is 0 Å². The standard InChI is InChI=1S/C15H25NO2/c1-13-5-7-14(8-6-13)12-18-15(17)11-16-9-3-2-4-10-16/h5,14H,2-4,6-12H2,1H3/p+1/t14-/m0/s1. The molecule has 0 unspecified atom stereocenters. The summed E-state index contributed by atoms with van der Waals surface area (Å²) >= 11 is 0. The highest BCUT2D eigenvalue weighted by molar-refractivity contribution is 5.70. The number of carbonyl (C=O) groups is 1. The maximum atomic E-state index is 11.8. The van der Waals surface area contributed by atoms with Crippen LogP contribution in [0, 0.1) is 5.92 Å². The van der Waals surface area contributed by atoms with Crippen molar-refractivity contribution in [3.63, 3.8) is 0 Å². The molecular weight excluding hydrogens is 226 g/mol. The van der Waals surface area contributed by atoms with Crippen molar-refractivity contribution >= 4 is 5.97 Å². The second-order valence-electron chi connectivity index (χ2n) is 5.86. The molecule has 18 heavy (non-hydrogen) atoms. The minimum Gasteiger partial charge on any atom is -0.461 e. The van der Waals surface area contributed by atoms with Crippen LogP contribution < -0.4 is 4.90 Å². The number of esters is 1. The van der Waals surface area contributed by atoms with Gasteiger partial charge in [-0.05, 0) is 51.4 Å². The molecule has 0 aromatic rings. The zero-order valence-electron chi connectivity index (χ0n) is 11.5. The molecule has 0 aromatic heterocycles. The average Bonchev–Trinajstić information content (AvgIpc) is 2.39. The lowest BCUT2D eigenvalue weighted by atomic mass is 9.91. The van der Waals surface area contributed by atoms with Crippen LogP contribution in [-0.2, 0) is 9.53 Å². The van der Waals surface area contributed by atoms with E-state index in [1.54, 1.807) is 0 Å². The summed E-state index contributed by atoms with van der Waals surface area (Å²) in [7, 11) is 0. The number of quaternary nitrogens is 1. The van der Waals surface area contributed by atoms with Crippen molar-refractivity contribution in [3.05, 3.63) is 11.6 Å². The Morgan fingerprint density at radius 3 is 2.83 bits per heavy atom. The molecule has 0 saturated carbocycles. The van der Waals surface area contributed by atoms with E-state index in [4.69, 9.17) is 4.74 Å². The molecule has 0 spiro atoms. The number of nitrogens with one attached hydrogen (secondary N) is 1. The third-order valence-corrected chi connectivity index (χ3v) is 4.18. The predicted octanol–water partition coefficient (Wildman–Crippen LogP) is 1.34. The van der Waals surface area contributed by atoms with E-state index in [0.717, 1.165) is 19.5 Å². The number of hydrogen-bond donors (Lipinski definition) is 1. The zero-order valence-corrected chi connectivity index (χ0v) is 11.5. The topological polar surface area (TPSA) is 30.7 Å². The highest BCUT2D eigenvalue weighted by atomic mass is 16.5. The van der Waals surface area contributed by atoms with Crippen molar-refractivity contribution in [2.24, 2.45) is 5.92 Å². The Bertz CT molecular complexity index is 306. The fourth-order valence-corrected chi connectivity index (χ4v) is 2.87. The van der Waals surface area contributed by atoms with E-state index >= 15 is 0 Å². The van der Waals surface area contributed by atoms with Gasteiger partial charge in [0.1, 0.15) is 0 Å². The average molecular weight is 252 g/mol. The second-order valence-corrected chi connectivity index (χ2v) is 5.86. The van der Waals surface area contributed by atoms with Gasteiger partial charge in [-0.15, -0.1) is 0 Å². The molecule has 0 bridgehead atoms. The Labute approximate surface area is 110 Å². The summed E-state index contributed by atoms with van der Waals surface area (Å²) in [5, 5.41) is 0. The summed E-state index contributed by atoms with van der Waals surface area (Å²) in [6.45, 7) is 5.65. The van der Waals surface area contributed by atoms with Gasteiger partial charge in [0.2, 0.25) is 0 Å². The number of rotatable bonds is 4. The van der Waals surface area contributed by atoms with E-state index in [0.29, 0.717) is 19.1 Å². The Hall–Kier alpha value is -0.830. The van der Waals surface area contributed by atoms with Gasteiger partial charge in [0, 0.05) is 0 Å². The van der Waals surface area contributed by atoms with Crippen LogP contribution in [-0.4, -0.2) is 32.2 Å². The van der Waals surface area contributed by atoms with Crippen molar-refractivity contribution in [2.75, 3.05) is 26.2 Å². The molecule has 0 aromatic carbocycles. The monoisotopic (exact) mass is 252 g/mol. The Balaban J connectivity index is 1.62. The fourth-order valence-electron chi connectivity index (χ4n) is 2.87. The molecule has 0 radical (unpaired) electrons. The molecule has 2 rings (SSSR count). The van der Waals surface area contributed by atoms with Crippen LogP contribution in [0.1, 0.15) is 45.4 Å². The summed E-state index contributed by atoms with van der Waals surface area (Å²) < 4.78 is 5.43. The van der Waals surface area contributed by atoms with Gasteiger partial charge in [-0.25, -0.2) is 4.79 Å². The number of allylic oxidation sites excluding steroid dienone is 2. The van der Waals surface area contributed by atoms with E-state index in [1.807, 2.05) is 0 Å². The molecule has 1 heterocycles. The highest BCUT2D eigenvalue weighted by Crippen LogP contribution is 2.23. The number of likely N-dealkylation sites (tertiary alicyclic amines) is 1. The molecule has 1 saturated heterocycles. The van der Waals surface area contributed by atoms with E-state index in [-0.39, 0.29) is 5.97 Å². The van der Waals surface area contributed by atoms with Gasteiger partial charge in [0.15, 0.2) is 6.54 Å². The van der Waals surface area contributed by atoms with Gasteiger partial charge < -0.3 is 9.64 Å². The van der Waals surface area contributed by atoms with Gasteiger partial charge in [0.25, 0.3) is 0 Å². The summed E-state index contributed by atoms with van der Waals surface area (Å²) in [6, 6.07) is 0. The molecule has 1 atom stereocenters. The second kappa shape index (κ2) is 6.93. The summed E-state index contributed by atoms with van der Waals surface area (Å²) in [5.41, 5.74) is 1.48. The highest BCUT2D eigenvalue weighted by Gasteiger charge is 2.20. The Kier molecular flexibility index (Phi) is 5.24. The van der Waals surface area contributed by atoms with Crippen LogP contribution >= 0.6 is 0 Å². The maximum Gasteiger partial charge on any atom is 0.361 e. The lowest BCUT2D eigenvalue weighted by Gasteiger charge is -2.23. The van der Waals surface area contributed by atoms with Crippen molar-refractivity contribution < 1.29 is 14.4 Å². The molecule has 1 aliphatic heterocycles. The first-order chi connectivity index (χ1) is 8.74. The maximum absolute atomic E-state index is 11.8. The summed E-state index contributed by atoms with van der Waals surface area (Å²) in [6.07, 6.45) is 9.55. The molecule has 1 N–H and O–H groups in total. The molecule has 1 fully saturated rings. The first-order valence-corrected chi connectivity index (χ1v) is 7.39. The van der Waals surface area contributed by atoms with E-state index in [1.165, 1.54) is 42.6 Å². The number of ether oxygens (including phenoxy) is 1. The smallest absolute Gasteiger partial charge is 0.361 e. The molecule has 3 heteroatoms. The predicted molar refractivity (Wildman–Crippen MR) is 71.5 cm³/mol. The lowest BCUT2D eigenvalue weighted by Crippen LogP contribution is -3.13. The number of carbonyl (C=O) groups excluding carboxylic acids is 1. The van der Waals surface area contributed by atoms with Crippen molar-refractivity contribution in [3.8, 4) is 0 Å². The quantitative estimate of drug-likeness (QED) is 0.605.